The first-order valence-corrected chi connectivity index (χ1v) is 8.06. The van der Waals surface area contributed by atoms with Gasteiger partial charge >= 0.3 is 0 Å². The number of ether oxygens (including phenoxy) is 1. The number of rotatable bonds is 3. The fraction of sp³-hybridized carbons (Fsp3) is 0.0667. The molecule has 0 atom stereocenters. The minimum absolute atomic E-state index is 0.0115. The standard InChI is InChI=1S/C15H13N3O4S/c1-22-14-10(5-4-7-12(14)19)9-16-17-15-11-6-2-3-8-13(11)23(20,21)18-15/h2-9,19H,1H3,(H,17,18). The predicted molar refractivity (Wildman–Crippen MR) is 85.6 cm³/mol. The summed E-state index contributed by atoms with van der Waals surface area (Å²) in [6, 6.07) is 11.3. The number of hydrogen-bond donors (Lipinski definition) is 2. The number of sulfonamides is 1. The number of methoxy groups -OCH3 is 1. The molecular formula is C15H13N3O4S. The third-order valence-electron chi connectivity index (χ3n) is 3.23. The molecule has 3 rings (SSSR count). The molecule has 0 aliphatic carbocycles. The molecular weight excluding hydrogens is 318 g/mol. The third-order valence-corrected chi connectivity index (χ3v) is 4.57. The second-order valence-electron chi connectivity index (χ2n) is 4.68. The summed E-state index contributed by atoms with van der Waals surface area (Å²) in [5.74, 6) is 0.415. The van der Waals surface area contributed by atoms with Gasteiger partial charge in [-0.25, -0.2) is 0 Å². The van der Waals surface area contributed by atoms with Crippen LogP contribution in [-0.4, -0.2) is 32.7 Å². The van der Waals surface area contributed by atoms with Crippen molar-refractivity contribution in [1.82, 2.24) is 5.43 Å². The average molecular weight is 331 g/mol. The highest BCUT2D eigenvalue weighted by molar-refractivity contribution is 7.90. The number of benzene rings is 2. The van der Waals surface area contributed by atoms with Gasteiger partial charge in [-0.05, 0) is 24.3 Å². The topological polar surface area (TPSA) is 100 Å². The summed E-state index contributed by atoms with van der Waals surface area (Å²) >= 11 is 0. The van der Waals surface area contributed by atoms with E-state index in [1.165, 1.54) is 25.5 Å². The van der Waals surface area contributed by atoms with Crippen LogP contribution in [0.4, 0.5) is 0 Å². The molecule has 0 amide bonds. The van der Waals surface area contributed by atoms with Crippen LogP contribution in [-0.2, 0) is 10.0 Å². The Labute approximate surface area is 133 Å². The van der Waals surface area contributed by atoms with Crippen LogP contribution in [0.1, 0.15) is 11.1 Å². The molecule has 8 heteroatoms. The number of fused-ring (bicyclic) bond motifs is 1. The Morgan fingerprint density at radius 1 is 1.22 bits per heavy atom. The summed E-state index contributed by atoms with van der Waals surface area (Å²) in [5.41, 5.74) is 3.62. The first-order valence-electron chi connectivity index (χ1n) is 6.62. The quantitative estimate of drug-likeness (QED) is 0.655. The number of para-hydroxylation sites is 1. The van der Waals surface area contributed by atoms with Gasteiger partial charge in [-0.1, -0.05) is 18.2 Å². The van der Waals surface area contributed by atoms with Crippen molar-refractivity contribution in [2.24, 2.45) is 9.50 Å². The lowest BCUT2D eigenvalue weighted by molar-refractivity contribution is 0.373. The van der Waals surface area contributed by atoms with Crippen molar-refractivity contribution < 1.29 is 18.3 Å². The second kappa shape index (κ2) is 5.73. The number of hydrazone groups is 1. The molecule has 1 aliphatic rings. The Balaban J connectivity index is 1.87. The van der Waals surface area contributed by atoms with Gasteiger partial charge in [-0.15, -0.1) is 4.40 Å². The molecule has 1 heterocycles. The number of hydrogen-bond acceptors (Lipinski definition) is 6. The van der Waals surface area contributed by atoms with Crippen LogP contribution in [0.5, 0.6) is 11.5 Å². The Bertz CT molecular complexity index is 920. The Morgan fingerprint density at radius 3 is 2.78 bits per heavy atom. The van der Waals surface area contributed by atoms with E-state index in [4.69, 9.17) is 4.74 Å². The Morgan fingerprint density at radius 2 is 2.00 bits per heavy atom. The van der Waals surface area contributed by atoms with Gasteiger partial charge in [0, 0.05) is 11.1 Å². The molecule has 118 valence electrons. The van der Waals surface area contributed by atoms with Gasteiger partial charge < -0.3 is 9.84 Å². The molecule has 0 saturated heterocycles. The molecule has 7 nitrogen and oxygen atoms in total. The van der Waals surface area contributed by atoms with Crippen LogP contribution < -0.4 is 10.2 Å². The van der Waals surface area contributed by atoms with Crippen LogP contribution in [0, 0.1) is 0 Å². The molecule has 1 aliphatic heterocycles. The molecule has 2 aromatic rings. The van der Waals surface area contributed by atoms with E-state index >= 15 is 0 Å². The van der Waals surface area contributed by atoms with Crippen LogP contribution in [0.3, 0.4) is 0 Å². The van der Waals surface area contributed by atoms with Crippen molar-refractivity contribution >= 4 is 22.1 Å². The van der Waals surface area contributed by atoms with E-state index in [1.54, 1.807) is 30.3 Å². The van der Waals surface area contributed by atoms with Gasteiger partial charge in [0.05, 0.1) is 13.3 Å². The number of phenolic OH excluding ortho intramolecular Hbond substituents is 1. The molecule has 0 radical (unpaired) electrons. The molecule has 0 spiro atoms. The van der Waals surface area contributed by atoms with Crippen molar-refractivity contribution in [2.75, 3.05) is 7.11 Å². The summed E-state index contributed by atoms with van der Waals surface area (Å²) in [6.45, 7) is 0. The molecule has 0 aromatic heterocycles. The highest BCUT2D eigenvalue weighted by Crippen LogP contribution is 2.28. The SMILES string of the molecule is COc1c(O)cccc1C=NNC1=NS(=O)(=O)c2ccccc21. The zero-order valence-corrected chi connectivity index (χ0v) is 12.9. The van der Waals surface area contributed by atoms with E-state index in [9.17, 15) is 13.5 Å². The number of aromatic hydroxyl groups is 1. The van der Waals surface area contributed by atoms with E-state index in [1.807, 2.05) is 0 Å². The lowest BCUT2D eigenvalue weighted by Gasteiger charge is -2.06. The van der Waals surface area contributed by atoms with E-state index in [0.29, 0.717) is 11.1 Å². The number of nitrogens with one attached hydrogen (secondary N) is 1. The van der Waals surface area contributed by atoms with E-state index < -0.39 is 10.0 Å². The maximum atomic E-state index is 11.9. The van der Waals surface area contributed by atoms with E-state index in [2.05, 4.69) is 14.9 Å². The minimum atomic E-state index is -3.68. The molecule has 0 saturated carbocycles. The zero-order valence-electron chi connectivity index (χ0n) is 12.1. The number of amidine groups is 1. The van der Waals surface area contributed by atoms with Crippen LogP contribution in [0.2, 0.25) is 0 Å². The summed E-state index contributed by atoms with van der Waals surface area (Å²) in [5, 5.41) is 13.7. The van der Waals surface area contributed by atoms with Crippen molar-refractivity contribution in [1.29, 1.82) is 0 Å². The first-order chi connectivity index (χ1) is 11.0. The molecule has 2 aromatic carbocycles. The fourth-order valence-corrected chi connectivity index (χ4v) is 3.39. The smallest absolute Gasteiger partial charge is 0.285 e. The van der Waals surface area contributed by atoms with Gasteiger partial charge in [-0.2, -0.15) is 13.5 Å². The fourth-order valence-electron chi connectivity index (χ4n) is 2.22. The van der Waals surface area contributed by atoms with Crippen molar-refractivity contribution in [2.45, 2.75) is 4.90 Å². The monoisotopic (exact) mass is 331 g/mol. The van der Waals surface area contributed by atoms with Crippen molar-refractivity contribution in [3.8, 4) is 11.5 Å². The molecule has 0 fully saturated rings. The maximum Gasteiger partial charge on any atom is 0.285 e. The van der Waals surface area contributed by atoms with Crippen molar-refractivity contribution in [3.63, 3.8) is 0 Å². The second-order valence-corrected chi connectivity index (χ2v) is 6.25. The lowest BCUT2D eigenvalue weighted by atomic mass is 10.2. The minimum Gasteiger partial charge on any atom is -0.504 e. The number of nitrogens with zero attached hydrogens (tertiary/aromatic N) is 2. The summed E-state index contributed by atoms with van der Waals surface area (Å²) in [7, 11) is -2.25. The van der Waals surface area contributed by atoms with Crippen LogP contribution >= 0.6 is 0 Å². The molecule has 0 bridgehead atoms. The summed E-state index contributed by atoms with van der Waals surface area (Å²) in [4.78, 5) is 0.146. The van der Waals surface area contributed by atoms with Gasteiger partial charge in [0.2, 0.25) is 0 Å². The molecule has 23 heavy (non-hydrogen) atoms. The lowest BCUT2D eigenvalue weighted by Crippen LogP contribution is -2.17. The highest BCUT2D eigenvalue weighted by atomic mass is 32.2. The average Bonchev–Trinajstić information content (AvgIpc) is 2.79. The van der Waals surface area contributed by atoms with Crippen LogP contribution in [0.15, 0.2) is 56.9 Å². The first kappa shape index (κ1) is 15.0. The van der Waals surface area contributed by atoms with E-state index in [0.717, 1.165) is 0 Å². The zero-order chi connectivity index (χ0) is 16.4. The molecule has 2 N–H and O–H groups in total. The Hall–Kier alpha value is -2.87. The van der Waals surface area contributed by atoms with Gasteiger partial charge in [0.1, 0.15) is 4.90 Å². The largest absolute Gasteiger partial charge is 0.504 e. The predicted octanol–water partition coefficient (Wildman–Crippen LogP) is 1.47. The summed E-state index contributed by atoms with van der Waals surface area (Å²) in [6.07, 6.45) is 1.41. The van der Waals surface area contributed by atoms with Gasteiger partial charge in [0.25, 0.3) is 10.0 Å². The van der Waals surface area contributed by atoms with Gasteiger partial charge in [0.15, 0.2) is 17.3 Å². The number of phenols is 1. The van der Waals surface area contributed by atoms with Crippen LogP contribution in [0.25, 0.3) is 0 Å². The summed E-state index contributed by atoms with van der Waals surface area (Å²) < 4.78 is 32.6. The third kappa shape index (κ3) is 2.76. The molecule has 0 unspecified atom stereocenters. The van der Waals surface area contributed by atoms with Crippen molar-refractivity contribution in [3.05, 3.63) is 53.6 Å². The Kier molecular flexibility index (Phi) is 3.75. The highest BCUT2D eigenvalue weighted by Gasteiger charge is 2.28. The van der Waals surface area contributed by atoms with Gasteiger partial charge in [-0.3, -0.25) is 5.43 Å². The normalized spacial score (nSPS) is 15.3. The maximum absolute atomic E-state index is 11.9. The van der Waals surface area contributed by atoms with E-state index in [-0.39, 0.29) is 22.2 Å².